The first kappa shape index (κ1) is 18.9. The van der Waals surface area contributed by atoms with Gasteiger partial charge in [0.25, 0.3) is 0 Å². The summed E-state index contributed by atoms with van der Waals surface area (Å²) in [6.45, 7) is 0. The van der Waals surface area contributed by atoms with Gasteiger partial charge in [0, 0.05) is 0 Å². The van der Waals surface area contributed by atoms with Crippen LogP contribution in [0, 0.1) is 0 Å². The van der Waals surface area contributed by atoms with Gasteiger partial charge in [0.15, 0.2) is 5.75 Å². The fourth-order valence-corrected chi connectivity index (χ4v) is 2.01. The van der Waals surface area contributed by atoms with Gasteiger partial charge in [-0.25, -0.2) is 9.59 Å². The molecule has 0 spiro atoms. The molecule has 0 aliphatic heterocycles. The highest BCUT2D eigenvalue weighted by Crippen LogP contribution is 2.31. The SMILES string of the molecule is COC(=O)/C=C(/Nc1ccccc1Oc1ccc(OC)cc1)C(=O)OC. The maximum absolute atomic E-state index is 11.9. The van der Waals surface area contributed by atoms with E-state index in [0.29, 0.717) is 22.9 Å². The summed E-state index contributed by atoms with van der Waals surface area (Å²) >= 11 is 0. The van der Waals surface area contributed by atoms with Crippen molar-refractivity contribution in [2.24, 2.45) is 0 Å². The summed E-state index contributed by atoms with van der Waals surface area (Å²) in [5, 5.41) is 2.84. The molecular formula is C19H19NO6. The summed E-state index contributed by atoms with van der Waals surface area (Å²) in [6.07, 6.45) is 1.01. The zero-order chi connectivity index (χ0) is 18.9. The van der Waals surface area contributed by atoms with Gasteiger partial charge in [-0.2, -0.15) is 0 Å². The predicted octanol–water partition coefficient (Wildman–Crippen LogP) is 3.13. The fourth-order valence-electron chi connectivity index (χ4n) is 2.01. The van der Waals surface area contributed by atoms with Crippen molar-refractivity contribution in [1.82, 2.24) is 0 Å². The number of hydrogen-bond acceptors (Lipinski definition) is 7. The third-order valence-corrected chi connectivity index (χ3v) is 3.31. The van der Waals surface area contributed by atoms with Crippen LogP contribution in [0.1, 0.15) is 0 Å². The first-order valence-electron chi connectivity index (χ1n) is 7.63. The summed E-state index contributed by atoms with van der Waals surface area (Å²) in [4.78, 5) is 23.4. The molecule has 0 saturated heterocycles. The van der Waals surface area contributed by atoms with Crippen LogP contribution in [0.2, 0.25) is 0 Å². The summed E-state index contributed by atoms with van der Waals surface area (Å²) in [5.41, 5.74) is 0.397. The molecule has 2 aromatic rings. The molecule has 0 saturated carbocycles. The van der Waals surface area contributed by atoms with E-state index in [1.165, 1.54) is 14.2 Å². The monoisotopic (exact) mass is 357 g/mol. The molecule has 0 heterocycles. The van der Waals surface area contributed by atoms with Crippen LogP contribution in [0.5, 0.6) is 17.2 Å². The molecule has 0 amide bonds. The molecule has 0 fully saturated rings. The maximum atomic E-state index is 11.9. The second kappa shape index (κ2) is 9.12. The van der Waals surface area contributed by atoms with Crippen LogP contribution in [0.4, 0.5) is 5.69 Å². The van der Waals surface area contributed by atoms with Crippen molar-refractivity contribution in [2.45, 2.75) is 0 Å². The Bertz CT molecular complexity index is 798. The van der Waals surface area contributed by atoms with Crippen LogP contribution in [-0.2, 0) is 19.1 Å². The highest BCUT2D eigenvalue weighted by atomic mass is 16.5. The molecule has 0 atom stereocenters. The van der Waals surface area contributed by atoms with Gasteiger partial charge in [-0.3, -0.25) is 0 Å². The van der Waals surface area contributed by atoms with Crippen molar-refractivity contribution < 1.29 is 28.5 Å². The normalized spacial score (nSPS) is 10.7. The number of para-hydroxylation sites is 2. The Hall–Kier alpha value is -3.48. The number of carbonyl (C=O) groups is 2. The molecule has 7 nitrogen and oxygen atoms in total. The van der Waals surface area contributed by atoms with E-state index in [4.69, 9.17) is 9.47 Å². The van der Waals surface area contributed by atoms with E-state index in [9.17, 15) is 9.59 Å². The molecule has 2 aromatic carbocycles. The van der Waals surface area contributed by atoms with Crippen molar-refractivity contribution in [2.75, 3.05) is 26.6 Å². The van der Waals surface area contributed by atoms with Crippen LogP contribution < -0.4 is 14.8 Å². The van der Waals surface area contributed by atoms with Gasteiger partial charge in [-0.15, -0.1) is 0 Å². The number of hydrogen-bond donors (Lipinski definition) is 1. The highest BCUT2D eigenvalue weighted by Gasteiger charge is 2.15. The number of rotatable bonds is 7. The van der Waals surface area contributed by atoms with Crippen LogP contribution in [0.25, 0.3) is 0 Å². The van der Waals surface area contributed by atoms with Crippen LogP contribution in [0.15, 0.2) is 60.3 Å². The van der Waals surface area contributed by atoms with Crippen molar-refractivity contribution in [1.29, 1.82) is 0 Å². The molecule has 1 N–H and O–H groups in total. The van der Waals surface area contributed by atoms with E-state index in [-0.39, 0.29) is 5.70 Å². The van der Waals surface area contributed by atoms with Gasteiger partial charge in [-0.1, -0.05) is 12.1 Å². The van der Waals surface area contributed by atoms with Gasteiger partial charge in [0.05, 0.1) is 33.1 Å². The first-order chi connectivity index (χ1) is 12.6. The second-order valence-corrected chi connectivity index (χ2v) is 4.97. The molecule has 7 heteroatoms. The minimum Gasteiger partial charge on any atom is -0.497 e. The van der Waals surface area contributed by atoms with Crippen LogP contribution in [-0.4, -0.2) is 33.3 Å². The molecule has 0 aliphatic rings. The van der Waals surface area contributed by atoms with Gasteiger partial charge in [-0.05, 0) is 36.4 Å². The largest absolute Gasteiger partial charge is 0.497 e. The van der Waals surface area contributed by atoms with Crippen molar-refractivity contribution in [3.05, 3.63) is 60.3 Å². The lowest BCUT2D eigenvalue weighted by Gasteiger charge is -2.14. The number of anilines is 1. The Morgan fingerprint density at radius 2 is 1.54 bits per heavy atom. The summed E-state index contributed by atoms with van der Waals surface area (Å²) in [6, 6.07) is 14.0. The smallest absolute Gasteiger partial charge is 0.354 e. The summed E-state index contributed by atoms with van der Waals surface area (Å²) < 4.78 is 20.2. The Morgan fingerprint density at radius 3 is 2.15 bits per heavy atom. The molecule has 0 radical (unpaired) electrons. The van der Waals surface area contributed by atoms with Crippen molar-refractivity contribution >= 4 is 17.6 Å². The number of carbonyl (C=O) groups excluding carboxylic acids is 2. The van der Waals surface area contributed by atoms with E-state index >= 15 is 0 Å². The molecule has 2 rings (SSSR count). The summed E-state index contributed by atoms with van der Waals surface area (Å²) in [7, 11) is 4.01. The third-order valence-electron chi connectivity index (χ3n) is 3.31. The van der Waals surface area contributed by atoms with Gasteiger partial charge >= 0.3 is 11.9 Å². The Morgan fingerprint density at radius 1 is 0.885 bits per heavy atom. The average molecular weight is 357 g/mol. The number of methoxy groups -OCH3 is 3. The molecule has 26 heavy (non-hydrogen) atoms. The lowest BCUT2D eigenvalue weighted by atomic mass is 10.2. The van der Waals surface area contributed by atoms with Gasteiger partial charge in [0.1, 0.15) is 17.2 Å². The predicted molar refractivity (Wildman–Crippen MR) is 95.2 cm³/mol. The molecule has 136 valence electrons. The topological polar surface area (TPSA) is 83.1 Å². The Labute approximate surface area is 151 Å². The second-order valence-electron chi connectivity index (χ2n) is 4.97. The number of benzene rings is 2. The lowest BCUT2D eigenvalue weighted by Crippen LogP contribution is -2.15. The number of nitrogens with one attached hydrogen (secondary N) is 1. The van der Waals surface area contributed by atoms with E-state index in [1.54, 1.807) is 55.6 Å². The third kappa shape index (κ3) is 5.01. The Kier molecular flexibility index (Phi) is 6.61. The minimum atomic E-state index is -0.713. The quantitative estimate of drug-likeness (QED) is 0.602. The standard InChI is InChI=1S/C19H19NO6/c1-23-13-8-10-14(11-9-13)26-17-7-5-4-6-15(17)20-16(19(22)25-3)12-18(21)24-2/h4-12,20H,1-3H3/b16-12+. The maximum Gasteiger partial charge on any atom is 0.354 e. The van der Waals surface area contributed by atoms with Crippen LogP contribution >= 0.6 is 0 Å². The molecule has 0 aliphatic carbocycles. The summed E-state index contributed by atoms with van der Waals surface area (Å²) in [5.74, 6) is 0.341. The number of esters is 2. The van der Waals surface area contributed by atoms with Crippen LogP contribution in [0.3, 0.4) is 0 Å². The fraction of sp³-hybridized carbons (Fsp3) is 0.158. The van der Waals surface area contributed by atoms with Gasteiger partial charge in [0.2, 0.25) is 0 Å². The molecule has 0 aromatic heterocycles. The number of ether oxygens (including phenoxy) is 4. The average Bonchev–Trinajstić information content (AvgIpc) is 2.68. The zero-order valence-corrected chi connectivity index (χ0v) is 14.6. The Balaban J connectivity index is 2.27. The van der Waals surface area contributed by atoms with Crippen molar-refractivity contribution in [3.8, 4) is 17.2 Å². The highest BCUT2D eigenvalue weighted by molar-refractivity contribution is 5.99. The molecular weight excluding hydrogens is 338 g/mol. The molecule has 0 unspecified atom stereocenters. The van der Waals surface area contributed by atoms with E-state index < -0.39 is 11.9 Å². The van der Waals surface area contributed by atoms with Gasteiger partial charge < -0.3 is 24.3 Å². The van der Waals surface area contributed by atoms with Crippen molar-refractivity contribution in [3.63, 3.8) is 0 Å². The first-order valence-corrected chi connectivity index (χ1v) is 7.63. The lowest BCUT2D eigenvalue weighted by molar-refractivity contribution is -0.138. The van der Waals surface area contributed by atoms with E-state index in [0.717, 1.165) is 6.08 Å². The zero-order valence-electron chi connectivity index (χ0n) is 14.6. The van der Waals surface area contributed by atoms with E-state index in [1.807, 2.05) is 0 Å². The van der Waals surface area contributed by atoms with E-state index in [2.05, 4.69) is 14.8 Å². The molecule has 0 bridgehead atoms. The minimum absolute atomic E-state index is 0.0786.